The Kier molecular flexibility index (Phi) is 7.94. The first-order valence-electron chi connectivity index (χ1n) is 10.1. The standard InChI is InChI=1S/C19H39N4PS/c1-19(2,3)24(20-18(25)21(4)5,22-14-10-6-7-11-15-22)23-16-12-8-9-13-17-23/h6-17H2,1-5H3. The zero-order chi connectivity index (χ0) is 18.5. The van der Waals surface area contributed by atoms with Gasteiger partial charge in [-0.2, -0.15) is 0 Å². The van der Waals surface area contributed by atoms with Gasteiger partial charge < -0.3 is 4.90 Å². The van der Waals surface area contributed by atoms with Gasteiger partial charge in [0.2, 0.25) is 0 Å². The third-order valence-corrected chi connectivity index (χ3v) is 10.7. The quantitative estimate of drug-likeness (QED) is 0.467. The van der Waals surface area contributed by atoms with Crippen molar-refractivity contribution in [3.05, 3.63) is 0 Å². The molecule has 4 nitrogen and oxygen atoms in total. The van der Waals surface area contributed by atoms with Gasteiger partial charge in [-0.1, -0.05) is 46.5 Å². The predicted octanol–water partition coefficient (Wildman–Crippen LogP) is 5.41. The van der Waals surface area contributed by atoms with E-state index in [1.54, 1.807) is 0 Å². The molecule has 0 atom stereocenters. The molecule has 0 aromatic carbocycles. The minimum Gasteiger partial charge on any atom is -0.354 e. The van der Waals surface area contributed by atoms with Gasteiger partial charge in [0.1, 0.15) is 7.36 Å². The summed E-state index contributed by atoms with van der Waals surface area (Å²) in [6.45, 7) is 11.9. The number of hydrogen-bond acceptors (Lipinski definition) is 1. The summed E-state index contributed by atoms with van der Waals surface area (Å²) in [7, 11) is 2.18. The second-order valence-electron chi connectivity index (χ2n) is 8.75. The maximum Gasteiger partial charge on any atom is 0.195 e. The maximum atomic E-state index is 5.73. The first kappa shape index (κ1) is 21.3. The van der Waals surface area contributed by atoms with Crippen LogP contribution >= 0.6 is 19.6 Å². The molecule has 146 valence electrons. The van der Waals surface area contributed by atoms with Crippen LogP contribution in [0, 0.1) is 0 Å². The number of thiocarbonyl (C=S) groups is 1. The Bertz CT molecular complexity index is 458. The van der Waals surface area contributed by atoms with Crippen LogP contribution in [0.15, 0.2) is 4.74 Å². The lowest BCUT2D eigenvalue weighted by molar-refractivity contribution is 0.368. The Labute approximate surface area is 161 Å². The molecule has 0 aromatic heterocycles. The summed E-state index contributed by atoms with van der Waals surface area (Å²) in [4.78, 5) is 2.02. The molecular weight excluding hydrogens is 347 g/mol. The first-order chi connectivity index (χ1) is 11.8. The van der Waals surface area contributed by atoms with Crippen molar-refractivity contribution < 1.29 is 0 Å². The molecule has 2 aliphatic heterocycles. The van der Waals surface area contributed by atoms with E-state index in [-0.39, 0.29) is 5.16 Å². The van der Waals surface area contributed by atoms with Gasteiger partial charge in [-0.05, 0) is 37.9 Å². The molecule has 0 amide bonds. The molecule has 0 saturated carbocycles. The summed E-state index contributed by atoms with van der Waals surface area (Å²) in [5, 5.41) is 0.888. The molecule has 2 saturated heterocycles. The van der Waals surface area contributed by atoms with Crippen LogP contribution in [0.1, 0.15) is 72.1 Å². The Morgan fingerprint density at radius 3 is 1.44 bits per heavy atom. The summed E-state index contributed by atoms with van der Waals surface area (Å²) in [5.41, 5.74) is 0. The van der Waals surface area contributed by atoms with Crippen molar-refractivity contribution in [2.45, 2.75) is 77.3 Å². The second-order valence-corrected chi connectivity index (χ2v) is 12.9. The molecule has 2 fully saturated rings. The van der Waals surface area contributed by atoms with Gasteiger partial charge >= 0.3 is 0 Å². The van der Waals surface area contributed by atoms with Gasteiger partial charge in [0.25, 0.3) is 0 Å². The lowest BCUT2D eigenvalue weighted by Gasteiger charge is -2.51. The van der Waals surface area contributed by atoms with E-state index in [9.17, 15) is 0 Å². The van der Waals surface area contributed by atoms with Crippen molar-refractivity contribution in [3.8, 4) is 0 Å². The molecule has 0 aliphatic carbocycles. The van der Waals surface area contributed by atoms with E-state index in [1.807, 2.05) is 19.0 Å². The maximum absolute atomic E-state index is 5.73. The highest BCUT2D eigenvalue weighted by molar-refractivity contribution is 7.81. The van der Waals surface area contributed by atoms with Gasteiger partial charge in [0.05, 0.1) is 0 Å². The van der Waals surface area contributed by atoms with E-state index in [0.717, 1.165) is 5.11 Å². The van der Waals surface area contributed by atoms with Crippen molar-refractivity contribution >= 4 is 24.7 Å². The molecule has 2 heterocycles. The largest absolute Gasteiger partial charge is 0.354 e. The molecule has 6 heteroatoms. The predicted molar refractivity (Wildman–Crippen MR) is 115 cm³/mol. The lowest BCUT2D eigenvalue weighted by Crippen LogP contribution is -2.42. The van der Waals surface area contributed by atoms with Crippen molar-refractivity contribution in [1.29, 1.82) is 0 Å². The molecule has 25 heavy (non-hydrogen) atoms. The third kappa shape index (κ3) is 5.06. The lowest BCUT2D eigenvalue weighted by atomic mass is 10.2. The average molecular weight is 387 g/mol. The van der Waals surface area contributed by atoms with E-state index < -0.39 is 7.36 Å². The highest BCUT2D eigenvalue weighted by atomic mass is 32.1. The van der Waals surface area contributed by atoms with E-state index in [0.29, 0.717) is 0 Å². The zero-order valence-corrected chi connectivity index (χ0v) is 18.8. The minimum absolute atomic E-state index is 0.113. The Morgan fingerprint density at radius 2 is 1.16 bits per heavy atom. The molecule has 0 radical (unpaired) electrons. The Morgan fingerprint density at radius 1 is 0.800 bits per heavy atom. The SMILES string of the molecule is CN(C)C(=S)N=P(N1CCCCCC1)(N1CCCCCC1)C(C)(C)C. The van der Waals surface area contributed by atoms with Crippen molar-refractivity contribution in [2.75, 3.05) is 40.3 Å². The first-order valence-corrected chi connectivity index (χ1v) is 12.2. The molecule has 0 bridgehead atoms. The zero-order valence-electron chi connectivity index (χ0n) is 17.1. The van der Waals surface area contributed by atoms with Gasteiger partial charge in [-0.15, -0.1) is 0 Å². The molecule has 0 N–H and O–H groups in total. The van der Waals surface area contributed by atoms with Gasteiger partial charge in [0, 0.05) is 45.4 Å². The fourth-order valence-electron chi connectivity index (χ4n) is 4.18. The van der Waals surface area contributed by atoms with Crippen LogP contribution in [0.4, 0.5) is 0 Å². The molecule has 0 aromatic rings. The van der Waals surface area contributed by atoms with E-state index >= 15 is 0 Å². The van der Waals surface area contributed by atoms with Crippen LogP contribution in [-0.4, -0.2) is 64.8 Å². The molecular formula is C19H39N4PS. The summed E-state index contributed by atoms with van der Waals surface area (Å²) in [5.74, 6) is 0. The molecule has 2 aliphatic rings. The fraction of sp³-hybridized carbons (Fsp3) is 0.947. The van der Waals surface area contributed by atoms with Gasteiger partial charge in [0.15, 0.2) is 5.11 Å². The summed E-state index contributed by atoms with van der Waals surface area (Å²) in [6.07, 6.45) is 10.6. The minimum atomic E-state index is -1.89. The fourth-order valence-corrected chi connectivity index (χ4v) is 9.23. The van der Waals surface area contributed by atoms with Crippen molar-refractivity contribution in [2.24, 2.45) is 4.74 Å². The van der Waals surface area contributed by atoms with Crippen LogP contribution in [0.2, 0.25) is 0 Å². The Hall–Kier alpha value is 0.0400. The normalized spacial score (nSPS) is 22.1. The molecule has 0 unspecified atom stereocenters. The highest BCUT2D eigenvalue weighted by Gasteiger charge is 2.44. The van der Waals surface area contributed by atoms with E-state index in [1.165, 1.54) is 77.5 Å². The van der Waals surface area contributed by atoms with Crippen LogP contribution in [0.25, 0.3) is 0 Å². The van der Waals surface area contributed by atoms with E-state index in [4.69, 9.17) is 17.0 Å². The number of rotatable bonds is 2. The van der Waals surface area contributed by atoms with Gasteiger partial charge in [-0.3, -0.25) is 9.34 Å². The summed E-state index contributed by atoms with van der Waals surface area (Å²) in [6, 6.07) is 0. The molecule has 0 spiro atoms. The monoisotopic (exact) mass is 386 g/mol. The van der Waals surface area contributed by atoms with Gasteiger partial charge in [-0.25, -0.2) is 4.74 Å². The van der Waals surface area contributed by atoms with Crippen molar-refractivity contribution in [3.63, 3.8) is 0 Å². The number of nitrogens with zero attached hydrogens (tertiary/aromatic N) is 4. The summed E-state index contributed by atoms with van der Waals surface area (Å²) >= 11 is 5.73. The third-order valence-electron chi connectivity index (χ3n) is 5.46. The Balaban J connectivity index is 2.57. The average Bonchev–Trinajstić information content (AvgIpc) is 2.96. The smallest absolute Gasteiger partial charge is 0.195 e. The number of hydrogen-bond donors (Lipinski definition) is 0. The van der Waals surface area contributed by atoms with Crippen LogP contribution < -0.4 is 0 Å². The van der Waals surface area contributed by atoms with Crippen molar-refractivity contribution in [1.82, 2.24) is 14.2 Å². The molecule has 2 rings (SSSR count). The highest BCUT2D eigenvalue weighted by Crippen LogP contribution is 2.66. The summed E-state index contributed by atoms with van der Waals surface area (Å²) < 4.78 is 11.0. The second kappa shape index (κ2) is 9.30. The van der Waals surface area contributed by atoms with Crippen LogP contribution in [0.3, 0.4) is 0 Å². The van der Waals surface area contributed by atoms with Crippen LogP contribution in [0.5, 0.6) is 0 Å². The van der Waals surface area contributed by atoms with Crippen LogP contribution in [-0.2, 0) is 0 Å². The van der Waals surface area contributed by atoms with E-state index in [2.05, 4.69) is 30.1 Å². The topological polar surface area (TPSA) is 22.1 Å².